The first-order valence-corrected chi connectivity index (χ1v) is 14.1. The van der Waals surface area contributed by atoms with Crippen molar-refractivity contribution >= 4 is 5.78 Å². The van der Waals surface area contributed by atoms with Gasteiger partial charge in [-0.3, -0.25) is 4.79 Å². The molecular weight excluding hydrogens is 412 g/mol. The summed E-state index contributed by atoms with van der Waals surface area (Å²) in [6.07, 6.45) is 14.6. The van der Waals surface area contributed by atoms with Crippen LogP contribution in [0.3, 0.4) is 0 Å². The van der Waals surface area contributed by atoms with Gasteiger partial charge >= 0.3 is 0 Å². The van der Waals surface area contributed by atoms with E-state index in [1.807, 2.05) is 0 Å². The van der Waals surface area contributed by atoms with Crippen molar-refractivity contribution in [1.82, 2.24) is 0 Å². The quantitative estimate of drug-likeness (QED) is 0.385. The highest BCUT2D eigenvalue weighted by atomic mass is 16.1. The van der Waals surface area contributed by atoms with Crippen molar-refractivity contribution in [1.29, 1.82) is 0 Å². The van der Waals surface area contributed by atoms with E-state index in [9.17, 15) is 4.79 Å². The third-order valence-corrected chi connectivity index (χ3v) is 9.42. The van der Waals surface area contributed by atoms with Gasteiger partial charge in [0.2, 0.25) is 0 Å². The number of hydrogen-bond acceptors (Lipinski definition) is 1. The summed E-state index contributed by atoms with van der Waals surface area (Å²) >= 11 is 0. The molecule has 2 aromatic carbocycles. The molecule has 2 saturated carbocycles. The Kier molecular flexibility index (Phi) is 8.67. The number of Topliss-reactive ketones (excluding diaryl/α,β-unsaturated/α-hetero) is 1. The molecule has 2 aromatic rings. The van der Waals surface area contributed by atoms with Crippen molar-refractivity contribution < 1.29 is 4.79 Å². The van der Waals surface area contributed by atoms with Crippen molar-refractivity contribution in [2.45, 2.75) is 117 Å². The van der Waals surface area contributed by atoms with Crippen molar-refractivity contribution in [2.24, 2.45) is 11.8 Å². The molecule has 0 spiro atoms. The highest BCUT2D eigenvalue weighted by molar-refractivity contribution is 5.80. The van der Waals surface area contributed by atoms with Crippen LogP contribution in [0.4, 0.5) is 0 Å². The molecule has 2 fully saturated rings. The van der Waals surface area contributed by atoms with E-state index in [1.165, 1.54) is 97.6 Å². The Bertz CT molecular complexity index is 881. The van der Waals surface area contributed by atoms with Crippen molar-refractivity contribution in [2.75, 3.05) is 0 Å². The monoisotopic (exact) mass is 458 g/mol. The number of carbonyl (C=O) groups excluding carboxylic acids is 1. The van der Waals surface area contributed by atoms with Crippen LogP contribution in [0, 0.1) is 39.5 Å². The van der Waals surface area contributed by atoms with Crippen LogP contribution in [-0.4, -0.2) is 5.78 Å². The predicted molar refractivity (Wildman–Crippen MR) is 145 cm³/mol. The normalized spacial score (nSPS) is 19.6. The molecule has 2 aliphatic rings. The lowest BCUT2D eigenvalue weighted by molar-refractivity contribution is -0.120. The van der Waals surface area contributed by atoms with Gasteiger partial charge in [-0.2, -0.15) is 0 Å². The van der Waals surface area contributed by atoms with Gasteiger partial charge in [0.1, 0.15) is 5.78 Å². The Morgan fingerprint density at radius 1 is 0.647 bits per heavy atom. The molecule has 2 atom stereocenters. The van der Waals surface area contributed by atoms with Crippen LogP contribution < -0.4 is 0 Å². The Hall–Kier alpha value is -1.89. The molecule has 184 valence electrons. The molecule has 0 saturated heterocycles. The van der Waals surface area contributed by atoms with E-state index in [1.54, 1.807) is 0 Å². The zero-order valence-corrected chi connectivity index (χ0v) is 22.2. The Morgan fingerprint density at radius 2 is 1.03 bits per heavy atom. The maximum atomic E-state index is 13.9. The molecular formula is C33H46O. The number of hydrogen-bond donors (Lipinski definition) is 0. The first-order chi connectivity index (χ1) is 16.5. The molecule has 2 unspecified atom stereocenters. The molecule has 0 bridgehead atoms. The number of benzene rings is 2. The summed E-state index contributed by atoms with van der Waals surface area (Å²) in [7, 11) is 0. The first kappa shape index (κ1) is 25.2. The summed E-state index contributed by atoms with van der Waals surface area (Å²) in [6, 6.07) is 13.5. The average molecular weight is 459 g/mol. The molecule has 0 heterocycles. The average Bonchev–Trinajstić information content (AvgIpc) is 2.86. The van der Waals surface area contributed by atoms with Crippen LogP contribution in [0.1, 0.15) is 122 Å². The predicted octanol–water partition coefficient (Wildman–Crippen LogP) is 9.30. The molecule has 4 rings (SSSR count). The molecule has 0 radical (unpaired) electrons. The second kappa shape index (κ2) is 11.7. The fraction of sp³-hybridized carbons (Fsp3) is 0.606. The lowest BCUT2D eigenvalue weighted by Crippen LogP contribution is -2.24. The first-order valence-electron chi connectivity index (χ1n) is 14.1. The highest BCUT2D eigenvalue weighted by Crippen LogP contribution is 2.43. The molecule has 0 aromatic heterocycles. The molecule has 0 amide bonds. The van der Waals surface area contributed by atoms with Crippen molar-refractivity contribution in [3.8, 4) is 0 Å². The third-order valence-electron chi connectivity index (χ3n) is 9.42. The highest BCUT2D eigenvalue weighted by Gasteiger charge is 2.32. The molecule has 0 N–H and O–H groups in total. The minimum atomic E-state index is 0.387. The van der Waals surface area contributed by atoms with Crippen LogP contribution in [0.2, 0.25) is 0 Å². The van der Waals surface area contributed by atoms with E-state index in [-0.39, 0.29) is 0 Å². The van der Waals surface area contributed by atoms with Crippen LogP contribution in [0.25, 0.3) is 0 Å². The van der Waals surface area contributed by atoms with Gasteiger partial charge in [0, 0.05) is 12.8 Å². The summed E-state index contributed by atoms with van der Waals surface area (Å²) in [5.41, 5.74) is 8.43. The van der Waals surface area contributed by atoms with Crippen molar-refractivity contribution in [3.05, 3.63) is 69.8 Å². The van der Waals surface area contributed by atoms with E-state index in [2.05, 4.69) is 64.1 Å². The van der Waals surface area contributed by atoms with Gasteiger partial charge in [-0.15, -0.1) is 0 Å². The second-order valence-electron chi connectivity index (χ2n) is 11.5. The van der Waals surface area contributed by atoms with Gasteiger partial charge in [-0.25, -0.2) is 0 Å². The number of carbonyl (C=O) groups is 1. The lowest BCUT2D eigenvalue weighted by Gasteiger charge is -2.34. The van der Waals surface area contributed by atoms with Gasteiger partial charge in [0.15, 0.2) is 0 Å². The Balaban J connectivity index is 1.60. The number of ketones is 1. The van der Waals surface area contributed by atoms with Crippen LogP contribution >= 0.6 is 0 Å². The van der Waals surface area contributed by atoms with Crippen molar-refractivity contribution in [3.63, 3.8) is 0 Å². The van der Waals surface area contributed by atoms with Gasteiger partial charge in [0.25, 0.3) is 0 Å². The van der Waals surface area contributed by atoms with Crippen LogP contribution in [0.15, 0.2) is 36.4 Å². The van der Waals surface area contributed by atoms with Gasteiger partial charge in [-0.05, 0) is 110 Å². The van der Waals surface area contributed by atoms with Gasteiger partial charge in [0.05, 0.1) is 0 Å². The van der Waals surface area contributed by atoms with E-state index in [0.29, 0.717) is 29.5 Å². The summed E-state index contributed by atoms with van der Waals surface area (Å²) in [5, 5.41) is 0. The molecule has 34 heavy (non-hydrogen) atoms. The summed E-state index contributed by atoms with van der Waals surface area (Å²) < 4.78 is 0. The van der Waals surface area contributed by atoms with Gasteiger partial charge < -0.3 is 0 Å². The zero-order valence-electron chi connectivity index (χ0n) is 22.2. The van der Waals surface area contributed by atoms with E-state index in [0.717, 1.165) is 12.8 Å². The fourth-order valence-corrected chi connectivity index (χ4v) is 7.06. The molecule has 0 aliphatic heterocycles. The number of rotatable bonds is 8. The standard InChI is InChI=1S/C33H46O/c1-23-13-11-19-30(25(23)3)32(27-15-7-5-8-16-27)21-29(34)22-33(28-17-9-6-10-18-28)31-20-12-14-24(2)26(31)4/h11-14,19-20,27-28,32-33H,5-10,15-18,21-22H2,1-4H3. The van der Waals surface area contributed by atoms with Crippen LogP contribution in [0.5, 0.6) is 0 Å². The van der Waals surface area contributed by atoms with Crippen LogP contribution in [-0.2, 0) is 4.79 Å². The third kappa shape index (κ3) is 5.84. The zero-order chi connectivity index (χ0) is 24.1. The SMILES string of the molecule is Cc1cccc(C(CC(=O)CC(c2cccc(C)c2C)C2CCCCC2)C2CCCCC2)c1C. The molecule has 1 heteroatoms. The summed E-state index contributed by atoms with van der Waals surface area (Å²) in [4.78, 5) is 13.9. The van der Waals surface area contributed by atoms with E-state index < -0.39 is 0 Å². The Labute approximate surface area is 208 Å². The van der Waals surface area contributed by atoms with E-state index >= 15 is 0 Å². The van der Waals surface area contributed by atoms with Gasteiger partial charge in [-0.1, -0.05) is 74.9 Å². The summed E-state index contributed by atoms with van der Waals surface area (Å²) in [6.45, 7) is 8.98. The smallest absolute Gasteiger partial charge is 0.134 e. The lowest BCUT2D eigenvalue weighted by atomic mass is 9.70. The summed E-state index contributed by atoms with van der Waals surface area (Å²) in [5.74, 6) is 2.59. The van der Waals surface area contributed by atoms with E-state index in [4.69, 9.17) is 0 Å². The molecule has 1 nitrogen and oxygen atoms in total. The maximum Gasteiger partial charge on any atom is 0.134 e. The minimum Gasteiger partial charge on any atom is -0.300 e. The maximum absolute atomic E-state index is 13.9. The minimum absolute atomic E-state index is 0.387. The Morgan fingerprint density at radius 3 is 1.41 bits per heavy atom. The number of aryl methyl sites for hydroxylation is 2. The topological polar surface area (TPSA) is 17.1 Å². The fourth-order valence-electron chi connectivity index (χ4n) is 7.06. The molecule has 2 aliphatic carbocycles. The second-order valence-corrected chi connectivity index (χ2v) is 11.5. The largest absolute Gasteiger partial charge is 0.300 e.